The Morgan fingerprint density at radius 1 is 1.19 bits per heavy atom. The van der Waals surface area contributed by atoms with Gasteiger partial charge in [-0.05, 0) is 24.3 Å². The van der Waals surface area contributed by atoms with E-state index >= 15 is 0 Å². The van der Waals surface area contributed by atoms with Crippen LogP contribution in [0, 0.1) is 0 Å². The van der Waals surface area contributed by atoms with Gasteiger partial charge in [0, 0.05) is 0 Å². The van der Waals surface area contributed by atoms with Crippen LogP contribution in [0.5, 0.6) is 5.75 Å². The van der Waals surface area contributed by atoms with Crippen LogP contribution < -0.4 is 14.8 Å². The highest BCUT2D eigenvalue weighted by Crippen LogP contribution is 2.20. The second-order valence-electron chi connectivity index (χ2n) is 5.51. The molecule has 1 aliphatic heterocycles. The minimum Gasteiger partial charge on any atom is -0.497 e. The molecule has 2 rings (SSSR count). The Hall–Kier alpha value is -1.96. The van der Waals surface area contributed by atoms with Gasteiger partial charge in [0.05, 0.1) is 18.6 Å². The summed E-state index contributed by atoms with van der Waals surface area (Å²) in [5.74, 6) is 0.423. The number of aliphatic hydroxyl groups excluding tert-OH is 4. The van der Waals surface area contributed by atoms with E-state index in [0.717, 1.165) is 0 Å². The van der Waals surface area contributed by atoms with Crippen molar-refractivity contribution < 1.29 is 43.1 Å². The normalized spacial score (nSPS) is 29.0. The van der Waals surface area contributed by atoms with Gasteiger partial charge in [0.15, 0.2) is 6.29 Å². The minimum atomic E-state index is -4.22. The minimum absolute atomic E-state index is 0.213. The third-order valence-corrected chi connectivity index (χ3v) is 5.14. The van der Waals surface area contributed by atoms with E-state index in [9.17, 15) is 28.5 Å². The standard InChI is InChI=1S/C14H20N2O9S/c1-24-7-2-4-8(5-3-7)26(22,23)16-14(21)15-10-12(19)11(18)9(6-17)25-13(10)20/h2-5,9-13,17-20H,6H2,1H3,(H2,15,16,21). The van der Waals surface area contributed by atoms with Crippen molar-refractivity contribution in [2.75, 3.05) is 13.7 Å². The quantitative estimate of drug-likeness (QED) is 0.316. The number of ether oxygens (including phenoxy) is 2. The highest BCUT2D eigenvalue weighted by molar-refractivity contribution is 7.90. The fourth-order valence-corrected chi connectivity index (χ4v) is 3.28. The van der Waals surface area contributed by atoms with E-state index in [-0.39, 0.29) is 4.90 Å². The average molecular weight is 392 g/mol. The second kappa shape index (κ2) is 8.16. The maximum absolute atomic E-state index is 12.2. The Labute approximate surface area is 149 Å². The third-order valence-electron chi connectivity index (χ3n) is 3.79. The molecule has 1 aromatic rings. The SMILES string of the molecule is COc1ccc(S(=O)(=O)NC(=O)NC2C(O)OC(CO)C(O)C2O)cc1. The smallest absolute Gasteiger partial charge is 0.329 e. The maximum Gasteiger partial charge on any atom is 0.329 e. The van der Waals surface area contributed by atoms with Gasteiger partial charge in [0.25, 0.3) is 10.0 Å². The van der Waals surface area contributed by atoms with Crippen LogP contribution in [0.3, 0.4) is 0 Å². The van der Waals surface area contributed by atoms with E-state index in [0.29, 0.717) is 5.75 Å². The van der Waals surface area contributed by atoms with E-state index in [2.05, 4.69) is 0 Å². The van der Waals surface area contributed by atoms with E-state index in [1.807, 2.05) is 5.32 Å². The number of hydrogen-bond acceptors (Lipinski definition) is 9. The first-order valence-corrected chi connectivity index (χ1v) is 8.96. The van der Waals surface area contributed by atoms with Gasteiger partial charge in [0.1, 0.15) is 30.1 Å². The molecular weight excluding hydrogens is 372 g/mol. The fraction of sp³-hybridized carbons (Fsp3) is 0.500. The van der Waals surface area contributed by atoms with E-state index in [1.54, 1.807) is 4.72 Å². The number of rotatable bonds is 5. The molecule has 1 aromatic carbocycles. The maximum atomic E-state index is 12.2. The summed E-state index contributed by atoms with van der Waals surface area (Å²) in [5.41, 5.74) is 0. The summed E-state index contributed by atoms with van der Waals surface area (Å²) in [6, 6.07) is 2.45. The largest absolute Gasteiger partial charge is 0.497 e. The summed E-state index contributed by atoms with van der Waals surface area (Å²) in [5, 5.41) is 40.5. The van der Waals surface area contributed by atoms with Gasteiger partial charge >= 0.3 is 6.03 Å². The zero-order chi connectivity index (χ0) is 19.5. The van der Waals surface area contributed by atoms with Crippen LogP contribution in [-0.2, 0) is 14.8 Å². The first-order valence-electron chi connectivity index (χ1n) is 7.47. The highest BCUT2D eigenvalue weighted by Gasteiger charge is 2.44. The molecule has 0 aliphatic carbocycles. The number of sulfonamides is 1. The van der Waals surface area contributed by atoms with Crippen LogP contribution in [0.15, 0.2) is 29.2 Å². The Morgan fingerprint density at radius 3 is 2.35 bits per heavy atom. The molecule has 2 amide bonds. The Balaban J connectivity index is 2.05. The monoisotopic (exact) mass is 392 g/mol. The molecule has 146 valence electrons. The summed E-state index contributed by atoms with van der Waals surface area (Å²) < 4.78 is 35.8. The predicted molar refractivity (Wildman–Crippen MR) is 85.6 cm³/mol. The van der Waals surface area contributed by atoms with Gasteiger partial charge in [-0.3, -0.25) is 0 Å². The molecule has 0 saturated carbocycles. The molecule has 0 bridgehead atoms. The summed E-state index contributed by atoms with van der Waals surface area (Å²) in [6.07, 6.45) is -6.29. The van der Waals surface area contributed by atoms with Crippen molar-refractivity contribution in [2.24, 2.45) is 0 Å². The van der Waals surface area contributed by atoms with Gasteiger partial charge in [-0.2, -0.15) is 0 Å². The Morgan fingerprint density at radius 2 is 1.81 bits per heavy atom. The molecular formula is C14H20N2O9S. The molecule has 1 fully saturated rings. The van der Waals surface area contributed by atoms with Gasteiger partial charge < -0.3 is 35.2 Å². The second-order valence-corrected chi connectivity index (χ2v) is 7.19. The van der Waals surface area contributed by atoms with Crippen molar-refractivity contribution in [3.63, 3.8) is 0 Å². The molecule has 26 heavy (non-hydrogen) atoms. The van der Waals surface area contributed by atoms with Crippen LogP contribution in [0.1, 0.15) is 0 Å². The molecule has 0 spiro atoms. The summed E-state index contributed by atoms with van der Waals surface area (Å²) in [4.78, 5) is 11.7. The highest BCUT2D eigenvalue weighted by atomic mass is 32.2. The molecule has 12 heteroatoms. The number of nitrogens with one attached hydrogen (secondary N) is 2. The van der Waals surface area contributed by atoms with E-state index in [4.69, 9.17) is 14.6 Å². The van der Waals surface area contributed by atoms with Crippen molar-refractivity contribution in [3.8, 4) is 5.75 Å². The number of carbonyl (C=O) groups is 1. The lowest BCUT2D eigenvalue weighted by atomic mass is 9.97. The van der Waals surface area contributed by atoms with E-state index < -0.39 is 53.3 Å². The Kier molecular flexibility index (Phi) is 6.39. The number of aliphatic hydroxyl groups is 4. The average Bonchev–Trinajstić information content (AvgIpc) is 2.61. The molecule has 5 atom stereocenters. The lowest BCUT2D eigenvalue weighted by Gasteiger charge is -2.40. The van der Waals surface area contributed by atoms with Crippen LogP contribution in [0.4, 0.5) is 4.79 Å². The lowest BCUT2D eigenvalue weighted by Crippen LogP contribution is -2.65. The number of carbonyl (C=O) groups excluding carboxylic acids is 1. The van der Waals surface area contributed by atoms with Crippen molar-refractivity contribution in [1.82, 2.24) is 10.0 Å². The van der Waals surface area contributed by atoms with Crippen molar-refractivity contribution in [2.45, 2.75) is 35.5 Å². The summed E-state index contributed by atoms with van der Waals surface area (Å²) in [6.45, 7) is -0.667. The van der Waals surface area contributed by atoms with Crippen molar-refractivity contribution >= 4 is 16.1 Å². The molecule has 0 radical (unpaired) electrons. The van der Waals surface area contributed by atoms with Crippen molar-refractivity contribution in [1.29, 1.82) is 0 Å². The first kappa shape index (κ1) is 20.4. The van der Waals surface area contributed by atoms with Gasteiger partial charge in [0.2, 0.25) is 0 Å². The number of methoxy groups -OCH3 is 1. The van der Waals surface area contributed by atoms with Crippen LogP contribution in [0.2, 0.25) is 0 Å². The number of hydrogen-bond donors (Lipinski definition) is 6. The van der Waals surface area contributed by atoms with E-state index in [1.165, 1.54) is 31.4 Å². The number of amides is 2. The predicted octanol–water partition coefficient (Wildman–Crippen LogP) is -2.52. The molecule has 11 nitrogen and oxygen atoms in total. The molecule has 5 unspecified atom stereocenters. The van der Waals surface area contributed by atoms with Gasteiger partial charge in [-0.15, -0.1) is 0 Å². The topological polar surface area (TPSA) is 175 Å². The molecule has 1 aliphatic rings. The molecule has 0 aromatic heterocycles. The molecule has 1 heterocycles. The summed E-state index contributed by atoms with van der Waals surface area (Å²) in [7, 11) is -2.81. The Bertz CT molecular complexity index is 724. The molecule has 6 N–H and O–H groups in total. The molecule has 1 saturated heterocycles. The fourth-order valence-electron chi connectivity index (χ4n) is 2.37. The van der Waals surface area contributed by atoms with Crippen LogP contribution in [0.25, 0.3) is 0 Å². The summed E-state index contributed by atoms with van der Waals surface area (Å²) >= 11 is 0. The third kappa shape index (κ3) is 4.41. The first-order chi connectivity index (χ1) is 12.2. The van der Waals surface area contributed by atoms with Crippen LogP contribution >= 0.6 is 0 Å². The van der Waals surface area contributed by atoms with Gasteiger partial charge in [-0.1, -0.05) is 0 Å². The number of urea groups is 1. The zero-order valence-corrected chi connectivity index (χ0v) is 14.5. The van der Waals surface area contributed by atoms with Crippen LogP contribution in [-0.4, -0.2) is 79.2 Å². The van der Waals surface area contributed by atoms with Gasteiger partial charge in [-0.25, -0.2) is 17.9 Å². The zero-order valence-electron chi connectivity index (χ0n) is 13.6. The lowest BCUT2D eigenvalue weighted by molar-refractivity contribution is -0.252. The van der Waals surface area contributed by atoms with Crippen molar-refractivity contribution in [3.05, 3.63) is 24.3 Å². The number of benzene rings is 1.